The van der Waals surface area contributed by atoms with Crippen LogP contribution in [0.4, 0.5) is 5.13 Å². The Morgan fingerprint density at radius 1 is 1.08 bits per heavy atom. The summed E-state index contributed by atoms with van der Waals surface area (Å²) in [6.07, 6.45) is 3.40. The van der Waals surface area contributed by atoms with Crippen molar-refractivity contribution in [1.82, 2.24) is 9.88 Å². The number of hydrogen-bond acceptors (Lipinski definition) is 5. The number of furan rings is 1. The van der Waals surface area contributed by atoms with Crippen molar-refractivity contribution in [2.24, 2.45) is 0 Å². The van der Waals surface area contributed by atoms with Gasteiger partial charge in [-0.25, -0.2) is 4.98 Å². The largest absolute Gasteiger partial charge is 0.459 e. The number of hydrogen-bond donors (Lipinski definition) is 0. The molecule has 1 saturated heterocycles. The topological polar surface area (TPSA) is 49.6 Å². The number of thiazole rings is 1. The van der Waals surface area contributed by atoms with Crippen molar-refractivity contribution in [3.8, 4) is 11.1 Å². The second-order valence-corrected chi connectivity index (χ2v) is 6.50. The van der Waals surface area contributed by atoms with Crippen molar-refractivity contribution in [2.75, 3.05) is 31.1 Å². The van der Waals surface area contributed by atoms with Crippen molar-refractivity contribution in [3.05, 3.63) is 60.0 Å². The van der Waals surface area contributed by atoms with Gasteiger partial charge in [-0.1, -0.05) is 30.3 Å². The summed E-state index contributed by atoms with van der Waals surface area (Å²) in [5.74, 6) is 0.376. The molecule has 1 aliphatic heterocycles. The van der Waals surface area contributed by atoms with Gasteiger partial charge in [0.05, 0.1) is 6.26 Å². The van der Waals surface area contributed by atoms with Crippen molar-refractivity contribution >= 4 is 22.4 Å². The quantitative estimate of drug-likeness (QED) is 0.734. The molecule has 0 atom stereocenters. The fourth-order valence-corrected chi connectivity index (χ4v) is 3.63. The summed E-state index contributed by atoms with van der Waals surface area (Å²) in [4.78, 5) is 21.3. The molecule has 0 spiro atoms. The Kier molecular flexibility index (Phi) is 4.04. The molecule has 4 rings (SSSR count). The number of carbonyl (C=O) groups is 1. The van der Waals surface area contributed by atoms with E-state index in [0.29, 0.717) is 18.8 Å². The van der Waals surface area contributed by atoms with E-state index in [9.17, 15) is 4.79 Å². The van der Waals surface area contributed by atoms with E-state index in [-0.39, 0.29) is 5.91 Å². The van der Waals surface area contributed by atoms with Crippen molar-refractivity contribution < 1.29 is 9.21 Å². The summed E-state index contributed by atoms with van der Waals surface area (Å²) in [5.41, 5.74) is 1.85. The molecular formula is C18H17N3O2S. The fraction of sp³-hybridized carbons (Fsp3) is 0.222. The van der Waals surface area contributed by atoms with Crippen LogP contribution in [-0.4, -0.2) is 42.0 Å². The monoisotopic (exact) mass is 339 g/mol. The van der Waals surface area contributed by atoms with Gasteiger partial charge in [0.15, 0.2) is 10.9 Å². The van der Waals surface area contributed by atoms with Crippen LogP contribution >= 0.6 is 11.3 Å². The number of rotatable bonds is 3. The molecule has 3 heterocycles. The molecular weight excluding hydrogens is 322 g/mol. The average Bonchev–Trinajstić information content (AvgIpc) is 3.34. The van der Waals surface area contributed by atoms with E-state index in [1.807, 2.05) is 52.9 Å². The Bertz CT molecular complexity index is 806. The van der Waals surface area contributed by atoms with E-state index >= 15 is 0 Å². The Hall–Kier alpha value is -2.60. The zero-order chi connectivity index (χ0) is 16.4. The second-order valence-electron chi connectivity index (χ2n) is 5.62. The molecule has 1 aromatic carbocycles. The third kappa shape index (κ3) is 2.80. The van der Waals surface area contributed by atoms with Crippen LogP contribution in [-0.2, 0) is 0 Å². The van der Waals surface area contributed by atoms with Crippen LogP contribution in [0.1, 0.15) is 10.6 Å². The van der Waals surface area contributed by atoms with Crippen LogP contribution in [0.5, 0.6) is 0 Å². The van der Waals surface area contributed by atoms with Gasteiger partial charge in [-0.2, -0.15) is 0 Å². The first-order valence-corrected chi connectivity index (χ1v) is 8.77. The molecule has 0 aliphatic carbocycles. The molecule has 0 bridgehead atoms. The van der Waals surface area contributed by atoms with Gasteiger partial charge < -0.3 is 14.2 Å². The molecule has 0 saturated carbocycles. The van der Waals surface area contributed by atoms with E-state index in [2.05, 4.69) is 9.88 Å². The lowest BCUT2D eigenvalue weighted by Gasteiger charge is -2.34. The van der Waals surface area contributed by atoms with Gasteiger partial charge in [-0.3, -0.25) is 4.79 Å². The van der Waals surface area contributed by atoms with E-state index < -0.39 is 0 Å². The number of anilines is 1. The normalized spacial score (nSPS) is 14.8. The fourth-order valence-electron chi connectivity index (χ4n) is 2.94. The van der Waals surface area contributed by atoms with E-state index in [4.69, 9.17) is 4.42 Å². The highest BCUT2D eigenvalue weighted by molar-refractivity contribution is 7.13. The third-order valence-electron chi connectivity index (χ3n) is 4.20. The summed E-state index contributed by atoms with van der Waals surface area (Å²) >= 11 is 1.63. The molecule has 0 N–H and O–H groups in total. The molecule has 2 aromatic heterocycles. The Balaban J connectivity index is 1.49. The summed E-state index contributed by atoms with van der Waals surface area (Å²) in [6.45, 7) is 2.93. The van der Waals surface area contributed by atoms with E-state index in [1.54, 1.807) is 17.6 Å². The summed E-state index contributed by atoms with van der Waals surface area (Å²) in [7, 11) is 0. The minimum Gasteiger partial charge on any atom is -0.459 e. The van der Waals surface area contributed by atoms with Gasteiger partial charge in [0.2, 0.25) is 0 Å². The predicted octanol–water partition coefficient (Wildman–Crippen LogP) is 3.37. The number of carbonyl (C=O) groups excluding carboxylic acids is 1. The SMILES string of the molecule is O=C(c1occc1-c1ccccc1)N1CCN(c2nccs2)CC1. The Morgan fingerprint density at radius 2 is 1.88 bits per heavy atom. The molecule has 3 aromatic rings. The van der Waals surface area contributed by atoms with Gasteiger partial charge in [-0.15, -0.1) is 11.3 Å². The summed E-state index contributed by atoms with van der Waals surface area (Å²) in [6, 6.07) is 11.7. The minimum absolute atomic E-state index is 0.0439. The molecule has 24 heavy (non-hydrogen) atoms. The van der Waals surface area contributed by atoms with Crippen LogP contribution in [0.15, 0.2) is 58.7 Å². The van der Waals surface area contributed by atoms with Crippen LogP contribution in [0.25, 0.3) is 11.1 Å². The highest BCUT2D eigenvalue weighted by atomic mass is 32.1. The number of piperazine rings is 1. The van der Waals surface area contributed by atoms with Crippen LogP contribution < -0.4 is 4.90 Å². The van der Waals surface area contributed by atoms with Crippen molar-refractivity contribution in [2.45, 2.75) is 0 Å². The maximum absolute atomic E-state index is 12.8. The second kappa shape index (κ2) is 6.49. The van der Waals surface area contributed by atoms with E-state index in [0.717, 1.165) is 29.3 Å². The summed E-state index contributed by atoms with van der Waals surface area (Å²) < 4.78 is 5.52. The van der Waals surface area contributed by atoms with Gasteiger partial charge in [0, 0.05) is 43.3 Å². The number of amides is 1. The molecule has 122 valence electrons. The van der Waals surface area contributed by atoms with Crippen LogP contribution in [0, 0.1) is 0 Å². The molecule has 5 nitrogen and oxygen atoms in total. The average molecular weight is 339 g/mol. The predicted molar refractivity (Wildman–Crippen MR) is 94.4 cm³/mol. The van der Waals surface area contributed by atoms with Crippen LogP contribution in [0.2, 0.25) is 0 Å². The lowest BCUT2D eigenvalue weighted by molar-refractivity contribution is 0.0716. The maximum atomic E-state index is 12.8. The highest BCUT2D eigenvalue weighted by Crippen LogP contribution is 2.26. The molecule has 1 aliphatic rings. The van der Waals surface area contributed by atoms with Crippen LogP contribution in [0.3, 0.4) is 0 Å². The molecule has 0 radical (unpaired) electrons. The lowest BCUT2D eigenvalue weighted by Crippen LogP contribution is -2.48. The Labute approximate surface area is 144 Å². The summed E-state index contributed by atoms with van der Waals surface area (Å²) in [5, 5.41) is 2.99. The molecule has 6 heteroatoms. The molecule has 0 unspecified atom stereocenters. The minimum atomic E-state index is -0.0439. The molecule has 1 fully saturated rings. The first-order valence-electron chi connectivity index (χ1n) is 7.89. The van der Waals surface area contributed by atoms with Gasteiger partial charge >= 0.3 is 0 Å². The lowest BCUT2D eigenvalue weighted by atomic mass is 10.1. The first-order chi connectivity index (χ1) is 11.8. The van der Waals surface area contributed by atoms with E-state index in [1.165, 1.54) is 0 Å². The van der Waals surface area contributed by atoms with Crippen molar-refractivity contribution in [1.29, 1.82) is 0 Å². The number of aromatic nitrogens is 1. The smallest absolute Gasteiger partial charge is 0.290 e. The highest BCUT2D eigenvalue weighted by Gasteiger charge is 2.27. The first kappa shape index (κ1) is 15.0. The van der Waals surface area contributed by atoms with Gasteiger partial charge in [0.1, 0.15) is 0 Å². The molecule has 1 amide bonds. The third-order valence-corrected chi connectivity index (χ3v) is 5.03. The van der Waals surface area contributed by atoms with Crippen molar-refractivity contribution in [3.63, 3.8) is 0 Å². The maximum Gasteiger partial charge on any atom is 0.290 e. The number of benzene rings is 1. The standard InChI is InChI=1S/C18H17N3O2S/c22-17(16-15(6-12-23-16)14-4-2-1-3-5-14)20-8-10-21(11-9-20)18-19-7-13-24-18/h1-7,12-13H,8-11H2. The number of nitrogens with zero attached hydrogens (tertiary/aromatic N) is 3. The van der Waals surface area contributed by atoms with Gasteiger partial charge in [0.25, 0.3) is 5.91 Å². The zero-order valence-electron chi connectivity index (χ0n) is 13.1. The Morgan fingerprint density at radius 3 is 2.58 bits per heavy atom. The zero-order valence-corrected chi connectivity index (χ0v) is 13.9. The van der Waals surface area contributed by atoms with Gasteiger partial charge in [-0.05, 0) is 11.6 Å².